The number of furan rings is 1. The lowest BCUT2D eigenvalue weighted by Crippen LogP contribution is -2.42. The van der Waals surface area contributed by atoms with Gasteiger partial charge in [0.25, 0.3) is 0 Å². The Morgan fingerprint density at radius 1 is 1.07 bits per heavy atom. The largest absolute Gasteiger partial charge is 0.449 e. The Morgan fingerprint density at radius 2 is 1.79 bits per heavy atom. The van der Waals surface area contributed by atoms with Gasteiger partial charge in [0.15, 0.2) is 0 Å². The molecule has 0 bridgehead atoms. The van der Waals surface area contributed by atoms with E-state index in [1.165, 1.54) is 11.7 Å². The van der Waals surface area contributed by atoms with Crippen LogP contribution in [0.3, 0.4) is 0 Å². The molecule has 0 aliphatic carbocycles. The zero-order valence-corrected chi connectivity index (χ0v) is 15.8. The summed E-state index contributed by atoms with van der Waals surface area (Å²) in [7, 11) is 1.54. The van der Waals surface area contributed by atoms with Gasteiger partial charge in [-0.3, -0.25) is 14.2 Å². The average molecular weight is 393 g/mol. The number of hydrogen-bond donors (Lipinski definition) is 1. The molecule has 0 unspecified atom stereocenters. The molecule has 0 fully saturated rings. The maximum atomic E-state index is 13.3. The Labute approximate surface area is 164 Å². The highest BCUT2D eigenvalue weighted by molar-refractivity contribution is 6.02. The van der Waals surface area contributed by atoms with Gasteiger partial charge in [0.2, 0.25) is 11.5 Å². The van der Waals surface area contributed by atoms with Gasteiger partial charge in [-0.15, -0.1) is 0 Å². The maximum Gasteiger partial charge on any atom is 0.336 e. The molecule has 0 aliphatic heterocycles. The summed E-state index contributed by atoms with van der Waals surface area (Å²) in [5, 5.41) is 3.30. The first-order valence-corrected chi connectivity index (χ1v) is 9.10. The van der Waals surface area contributed by atoms with Gasteiger partial charge >= 0.3 is 11.2 Å². The first kappa shape index (κ1) is 18.7. The number of methoxy groups -OCH3 is 1. The molecular formula is C21H19N3O5. The van der Waals surface area contributed by atoms with Crippen molar-refractivity contribution in [2.75, 3.05) is 20.3 Å². The lowest BCUT2D eigenvalue weighted by Gasteiger charge is -2.12. The van der Waals surface area contributed by atoms with Gasteiger partial charge in [0.1, 0.15) is 17.6 Å². The van der Waals surface area contributed by atoms with Crippen LogP contribution in [0.4, 0.5) is 0 Å². The van der Waals surface area contributed by atoms with Crippen LogP contribution in [-0.2, 0) is 16.1 Å². The number of carbonyl (C=O) groups is 1. The molecule has 8 heteroatoms. The molecule has 0 aliphatic rings. The number of rotatable bonds is 6. The highest BCUT2D eigenvalue weighted by Crippen LogP contribution is 2.25. The molecule has 0 saturated carbocycles. The summed E-state index contributed by atoms with van der Waals surface area (Å²) in [5.41, 5.74) is 0.0337. The van der Waals surface area contributed by atoms with E-state index in [9.17, 15) is 14.4 Å². The quantitative estimate of drug-likeness (QED) is 0.503. The van der Waals surface area contributed by atoms with Gasteiger partial charge in [0, 0.05) is 19.0 Å². The lowest BCUT2D eigenvalue weighted by atomic mass is 10.2. The van der Waals surface area contributed by atoms with Crippen LogP contribution in [0.1, 0.15) is 0 Å². The normalized spacial score (nSPS) is 11.2. The highest BCUT2D eigenvalue weighted by Gasteiger charge is 2.21. The summed E-state index contributed by atoms with van der Waals surface area (Å²) < 4.78 is 13.0. The number of amides is 1. The van der Waals surface area contributed by atoms with Crippen molar-refractivity contribution in [1.29, 1.82) is 0 Å². The fourth-order valence-corrected chi connectivity index (χ4v) is 3.29. The number of ether oxygens (including phenoxy) is 1. The molecule has 4 aromatic rings. The standard InChI is InChI=1S/C21H19N3O5/c1-28-12-11-22-17(25)13-23-18-15-9-5-6-10-16(15)29-19(18)20(26)24(21(23)27)14-7-3-2-4-8-14/h2-10H,11-13H2,1H3,(H,22,25). The van der Waals surface area contributed by atoms with Crippen LogP contribution >= 0.6 is 0 Å². The molecular weight excluding hydrogens is 374 g/mol. The van der Waals surface area contributed by atoms with Gasteiger partial charge < -0.3 is 14.5 Å². The van der Waals surface area contributed by atoms with Crippen molar-refractivity contribution in [3.63, 3.8) is 0 Å². The van der Waals surface area contributed by atoms with Gasteiger partial charge in [-0.1, -0.05) is 30.3 Å². The monoisotopic (exact) mass is 393 g/mol. The number of nitrogens with zero attached hydrogens (tertiary/aromatic N) is 2. The van der Waals surface area contributed by atoms with Crippen LogP contribution in [0.2, 0.25) is 0 Å². The second-order valence-corrected chi connectivity index (χ2v) is 6.46. The van der Waals surface area contributed by atoms with E-state index in [1.807, 2.05) is 0 Å². The van der Waals surface area contributed by atoms with Crippen molar-refractivity contribution in [3.8, 4) is 5.69 Å². The van der Waals surface area contributed by atoms with Crippen molar-refractivity contribution < 1.29 is 13.9 Å². The topological polar surface area (TPSA) is 95.5 Å². The predicted molar refractivity (Wildman–Crippen MR) is 108 cm³/mol. The van der Waals surface area contributed by atoms with Gasteiger partial charge in [0.05, 0.1) is 12.3 Å². The number of fused-ring (bicyclic) bond motifs is 3. The first-order chi connectivity index (χ1) is 14.1. The summed E-state index contributed by atoms with van der Waals surface area (Å²) in [4.78, 5) is 38.8. The predicted octanol–water partition coefficient (Wildman–Crippen LogP) is 1.66. The molecule has 0 atom stereocenters. The fourth-order valence-electron chi connectivity index (χ4n) is 3.29. The van der Waals surface area contributed by atoms with Crippen LogP contribution < -0.4 is 16.6 Å². The molecule has 2 aromatic heterocycles. The number of hydrogen-bond acceptors (Lipinski definition) is 5. The van der Waals surface area contributed by atoms with E-state index in [4.69, 9.17) is 9.15 Å². The summed E-state index contributed by atoms with van der Waals surface area (Å²) in [6.45, 7) is 0.418. The molecule has 0 saturated heterocycles. The summed E-state index contributed by atoms with van der Waals surface area (Å²) in [6.07, 6.45) is 0. The van der Waals surface area contributed by atoms with Crippen LogP contribution in [0.5, 0.6) is 0 Å². The van der Waals surface area contributed by atoms with Crippen molar-refractivity contribution in [2.45, 2.75) is 6.54 Å². The number of carbonyl (C=O) groups excluding carboxylic acids is 1. The zero-order chi connectivity index (χ0) is 20.4. The Hall–Kier alpha value is -3.65. The maximum absolute atomic E-state index is 13.3. The van der Waals surface area contributed by atoms with Crippen molar-refractivity contribution in [3.05, 3.63) is 75.4 Å². The minimum atomic E-state index is -0.609. The minimum absolute atomic E-state index is 0.0272. The third-order valence-electron chi connectivity index (χ3n) is 4.60. The first-order valence-electron chi connectivity index (χ1n) is 9.10. The van der Waals surface area contributed by atoms with Crippen molar-refractivity contribution in [1.82, 2.24) is 14.5 Å². The van der Waals surface area contributed by atoms with E-state index in [2.05, 4.69) is 5.32 Å². The van der Waals surface area contributed by atoms with Crippen LogP contribution in [0.15, 0.2) is 68.6 Å². The van der Waals surface area contributed by atoms with E-state index >= 15 is 0 Å². The number of benzene rings is 2. The third kappa shape index (κ3) is 3.34. The molecule has 2 heterocycles. The number of nitrogens with one attached hydrogen (secondary N) is 1. The molecule has 1 N–H and O–H groups in total. The molecule has 29 heavy (non-hydrogen) atoms. The van der Waals surface area contributed by atoms with Crippen LogP contribution in [-0.4, -0.2) is 35.3 Å². The Kier molecular flexibility index (Phi) is 5.01. The average Bonchev–Trinajstić information content (AvgIpc) is 3.12. The SMILES string of the molecule is COCCNC(=O)Cn1c(=O)n(-c2ccccc2)c(=O)c2oc3ccccc3c21. The Morgan fingerprint density at radius 3 is 2.55 bits per heavy atom. The second-order valence-electron chi connectivity index (χ2n) is 6.46. The Balaban J connectivity index is 1.97. The molecule has 1 amide bonds. The van der Waals surface area contributed by atoms with E-state index < -0.39 is 11.2 Å². The zero-order valence-electron chi connectivity index (χ0n) is 15.8. The van der Waals surface area contributed by atoms with Gasteiger partial charge in [-0.05, 0) is 24.3 Å². The van der Waals surface area contributed by atoms with E-state index in [-0.39, 0.29) is 18.0 Å². The second kappa shape index (κ2) is 7.76. The minimum Gasteiger partial charge on any atom is -0.449 e. The van der Waals surface area contributed by atoms with Crippen molar-refractivity contribution >= 4 is 28.0 Å². The fraction of sp³-hybridized carbons (Fsp3) is 0.190. The lowest BCUT2D eigenvalue weighted by molar-refractivity contribution is -0.121. The molecule has 0 radical (unpaired) electrons. The number of para-hydroxylation sites is 2. The molecule has 148 valence electrons. The van der Waals surface area contributed by atoms with Crippen LogP contribution in [0, 0.1) is 0 Å². The molecule has 0 spiro atoms. The van der Waals surface area contributed by atoms with Gasteiger partial charge in [-0.2, -0.15) is 0 Å². The summed E-state index contributed by atoms with van der Waals surface area (Å²) in [5.74, 6) is -0.367. The van der Waals surface area contributed by atoms with Crippen molar-refractivity contribution in [2.24, 2.45) is 0 Å². The van der Waals surface area contributed by atoms with E-state index in [0.717, 1.165) is 4.57 Å². The van der Waals surface area contributed by atoms with E-state index in [1.54, 1.807) is 54.6 Å². The third-order valence-corrected chi connectivity index (χ3v) is 4.60. The Bertz CT molecular complexity index is 1300. The molecule has 8 nitrogen and oxygen atoms in total. The molecule has 4 rings (SSSR count). The highest BCUT2D eigenvalue weighted by atomic mass is 16.5. The van der Waals surface area contributed by atoms with Gasteiger partial charge in [-0.25, -0.2) is 9.36 Å². The van der Waals surface area contributed by atoms with E-state index in [0.29, 0.717) is 35.3 Å². The smallest absolute Gasteiger partial charge is 0.336 e. The molecule has 2 aromatic carbocycles. The van der Waals surface area contributed by atoms with Crippen LogP contribution in [0.25, 0.3) is 27.8 Å². The summed E-state index contributed by atoms with van der Waals surface area (Å²) in [6, 6.07) is 15.6. The summed E-state index contributed by atoms with van der Waals surface area (Å²) >= 11 is 0. The number of aromatic nitrogens is 2.